The van der Waals surface area contributed by atoms with Crippen molar-refractivity contribution in [1.82, 2.24) is 0 Å². The summed E-state index contributed by atoms with van der Waals surface area (Å²) >= 11 is 0. The highest BCUT2D eigenvalue weighted by atomic mass is 14.7. The molecule has 0 radical (unpaired) electrons. The van der Waals surface area contributed by atoms with Gasteiger partial charge in [-0.1, -0.05) is 59.3 Å². The second-order valence-electron chi connectivity index (χ2n) is 12.4. The van der Waals surface area contributed by atoms with Gasteiger partial charge in [-0.05, 0) is 127 Å². The van der Waals surface area contributed by atoms with Crippen LogP contribution in [0.3, 0.4) is 0 Å². The van der Waals surface area contributed by atoms with E-state index in [9.17, 15) is 0 Å². The summed E-state index contributed by atoms with van der Waals surface area (Å²) in [4.78, 5) is 0. The smallest absolute Gasteiger partial charge is 0.00541 e. The van der Waals surface area contributed by atoms with Gasteiger partial charge >= 0.3 is 0 Å². The Kier molecular flexibility index (Phi) is 6.13. The van der Waals surface area contributed by atoms with Crippen LogP contribution in [-0.4, -0.2) is 0 Å². The third kappa shape index (κ3) is 3.50. The molecule has 0 aliphatic heterocycles. The number of rotatable bonds is 4. The minimum atomic E-state index is 0.463. The number of hydrogen-bond acceptors (Lipinski definition) is 0. The normalized spacial score (nSPS) is 46.6. The van der Waals surface area contributed by atoms with E-state index in [0.29, 0.717) is 16.7 Å². The van der Waals surface area contributed by atoms with Crippen LogP contribution >= 0.6 is 0 Å². The van der Waals surface area contributed by atoms with Crippen LogP contribution in [0.25, 0.3) is 0 Å². The lowest BCUT2D eigenvalue weighted by Gasteiger charge is -2.62. The average Bonchev–Trinajstić information content (AvgIpc) is 3.10. The Hall–Kier alpha value is -1.22. The van der Waals surface area contributed by atoms with E-state index in [1.54, 1.807) is 5.57 Å². The standard InChI is InChI=1S/C31H46/c1-9-20(3)11-12-22(5)25-13-14-26-29-23(6)24(10-2)28-19-21(4)15-17-31(28,8)27(29)16-18-30(25,26)7/h1,10,21-22,25-29H,3,6,11-19H2,2,4-5,7-8H3/b24-10+/t21-,22-,25?,26?,27?,28?,29?,30?,31?/m1/s1. The first-order chi connectivity index (χ1) is 14.7. The van der Waals surface area contributed by atoms with Crippen molar-refractivity contribution in [2.75, 3.05) is 0 Å². The molecule has 4 aliphatic carbocycles. The lowest BCUT2D eigenvalue weighted by Crippen LogP contribution is -2.55. The van der Waals surface area contributed by atoms with Gasteiger partial charge in [0.2, 0.25) is 0 Å². The SMILES string of the molecule is C#CC(=C)CC[C@@H](C)C1CCC2C3C(=C)/C(=C\C)C4C[C@H](C)CCC4(C)C3CCC21C. The minimum absolute atomic E-state index is 0.463. The highest BCUT2D eigenvalue weighted by Gasteiger charge is 2.62. The molecule has 0 aromatic carbocycles. The van der Waals surface area contributed by atoms with Crippen molar-refractivity contribution >= 4 is 0 Å². The molecule has 31 heavy (non-hydrogen) atoms. The lowest BCUT2D eigenvalue weighted by molar-refractivity contribution is -0.0801. The van der Waals surface area contributed by atoms with Crippen LogP contribution in [-0.2, 0) is 0 Å². The Bertz CT molecular complexity index is 804. The maximum Gasteiger partial charge on any atom is -0.00541 e. The molecule has 0 N–H and O–H groups in total. The largest absolute Gasteiger partial charge is 0.115 e. The molecule has 0 amide bonds. The molecule has 7 unspecified atom stereocenters. The van der Waals surface area contributed by atoms with Crippen molar-refractivity contribution in [2.45, 2.75) is 92.4 Å². The molecule has 4 saturated carbocycles. The fourth-order valence-electron chi connectivity index (χ4n) is 9.27. The van der Waals surface area contributed by atoms with E-state index in [-0.39, 0.29) is 0 Å². The van der Waals surface area contributed by atoms with Crippen LogP contribution < -0.4 is 0 Å². The molecular formula is C31H46. The van der Waals surface area contributed by atoms with Crippen LogP contribution in [0.5, 0.6) is 0 Å². The van der Waals surface area contributed by atoms with Gasteiger partial charge in [0.05, 0.1) is 0 Å². The van der Waals surface area contributed by atoms with Crippen LogP contribution in [0, 0.1) is 64.6 Å². The zero-order chi connectivity index (χ0) is 22.6. The van der Waals surface area contributed by atoms with E-state index in [0.717, 1.165) is 47.5 Å². The summed E-state index contributed by atoms with van der Waals surface area (Å²) in [5.74, 6) is 8.27. The van der Waals surface area contributed by atoms with Crippen molar-refractivity contribution in [3.05, 3.63) is 36.0 Å². The van der Waals surface area contributed by atoms with E-state index in [2.05, 4.69) is 53.2 Å². The van der Waals surface area contributed by atoms with Gasteiger partial charge in [-0.15, -0.1) is 6.42 Å². The van der Waals surface area contributed by atoms with Crippen molar-refractivity contribution in [2.24, 2.45) is 52.3 Å². The van der Waals surface area contributed by atoms with Gasteiger partial charge < -0.3 is 0 Å². The summed E-state index contributed by atoms with van der Waals surface area (Å²) in [6.07, 6.45) is 20.0. The third-order valence-corrected chi connectivity index (χ3v) is 11.1. The topological polar surface area (TPSA) is 0 Å². The highest BCUT2D eigenvalue weighted by Crippen LogP contribution is 2.70. The molecule has 0 nitrogen and oxygen atoms in total. The fraction of sp³-hybridized carbons (Fsp3) is 0.742. The summed E-state index contributed by atoms with van der Waals surface area (Å²) < 4.78 is 0. The van der Waals surface area contributed by atoms with Crippen molar-refractivity contribution in [3.8, 4) is 12.3 Å². The lowest BCUT2D eigenvalue weighted by atomic mass is 9.42. The zero-order valence-electron chi connectivity index (χ0n) is 21.0. The Morgan fingerprint density at radius 2 is 1.84 bits per heavy atom. The van der Waals surface area contributed by atoms with Gasteiger partial charge in [0.1, 0.15) is 0 Å². The predicted octanol–water partition coefficient (Wildman–Crippen LogP) is 8.61. The van der Waals surface area contributed by atoms with Crippen molar-refractivity contribution in [1.29, 1.82) is 0 Å². The summed E-state index contributed by atoms with van der Waals surface area (Å²) in [5.41, 5.74) is 5.09. The molecule has 0 aromatic heterocycles. The first-order valence-electron chi connectivity index (χ1n) is 13.2. The number of allylic oxidation sites excluding steroid dienone is 4. The second kappa shape index (κ2) is 8.28. The van der Waals surface area contributed by atoms with Crippen LogP contribution in [0.4, 0.5) is 0 Å². The first kappa shape index (κ1) is 23.0. The molecule has 4 fully saturated rings. The number of hydrogen-bond donors (Lipinski definition) is 0. The van der Waals surface area contributed by atoms with E-state index in [1.807, 2.05) is 0 Å². The van der Waals surface area contributed by atoms with Gasteiger partial charge in [-0.3, -0.25) is 0 Å². The average molecular weight is 419 g/mol. The van der Waals surface area contributed by atoms with Crippen LogP contribution in [0.1, 0.15) is 92.4 Å². The zero-order valence-corrected chi connectivity index (χ0v) is 21.0. The van der Waals surface area contributed by atoms with Gasteiger partial charge in [0.15, 0.2) is 0 Å². The van der Waals surface area contributed by atoms with E-state index >= 15 is 0 Å². The maximum atomic E-state index is 5.57. The van der Waals surface area contributed by atoms with Crippen LogP contribution in [0.15, 0.2) is 36.0 Å². The Labute approximate surface area is 193 Å². The molecular weight excluding hydrogens is 372 g/mol. The van der Waals surface area contributed by atoms with Crippen molar-refractivity contribution in [3.63, 3.8) is 0 Å². The summed E-state index contributed by atoms with van der Waals surface area (Å²) in [5, 5.41) is 0. The van der Waals surface area contributed by atoms with E-state index in [1.165, 1.54) is 56.9 Å². The van der Waals surface area contributed by atoms with Crippen LogP contribution in [0.2, 0.25) is 0 Å². The molecule has 0 heteroatoms. The molecule has 0 saturated heterocycles. The first-order valence-corrected chi connectivity index (χ1v) is 13.2. The second-order valence-corrected chi connectivity index (χ2v) is 12.4. The Balaban J connectivity index is 1.62. The van der Waals surface area contributed by atoms with E-state index < -0.39 is 0 Å². The third-order valence-electron chi connectivity index (χ3n) is 11.1. The highest BCUT2D eigenvalue weighted by molar-refractivity contribution is 5.40. The predicted molar refractivity (Wildman–Crippen MR) is 134 cm³/mol. The van der Waals surface area contributed by atoms with E-state index in [4.69, 9.17) is 13.0 Å². The summed E-state index contributed by atoms with van der Waals surface area (Å²) in [7, 11) is 0. The molecule has 0 bridgehead atoms. The number of fused-ring (bicyclic) bond motifs is 5. The minimum Gasteiger partial charge on any atom is -0.115 e. The maximum absolute atomic E-state index is 5.57. The molecule has 4 rings (SSSR count). The number of terminal acetylenes is 1. The molecule has 0 aromatic rings. The molecule has 0 heterocycles. The monoisotopic (exact) mass is 418 g/mol. The molecule has 0 spiro atoms. The van der Waals surface area contributed by atoms with Gasteiger partial charge in [0, 0.05) is 0 Å². The summed E-state index contributed by atoms with van der Waals surface area (Å²) in [6, 6.07) is 0. The van der Waals surface area contributed by atoms with Gasteiger partial charge in [-0.25, -0.2) is 0 Å². The Morgan fingerprint density at radius 3 is 2.52 bits per heavy atom. The molecule has 9 atom stereocenters. The van der Waals surface area contributed by atoms with Crippen molar-refractivity contribution < 1.29 is 0 Å². The Morgan fingerprint density at radius 1 is 1.16 bits per heavy atom. The molecule has 4 aliphatic rings. The fourth-order valence-corrected chi connectivity index (χ4v) is 9.27. The molecule has 170 valence electrons. The summed E-state index contributed by atoms with van der Waals surface area (Å²) in [6.45, 7) is 21.4. The van der Waals surface area contributed by atoms with Gasteiger partial charge in [0.25, 0.3) is 0 Å². The quantitative estimate of drug-likeness (QED) is 0.401. The van der Waals surface area contributed by atoms with Gasteiger partial charge in [-0.2, -0.15) is 0 Å².